The molecule has 1 aliphatic carbocycles. The van der Waals surface area contributed by atoms with Gasteiger partial charge >= 0.3 is 6.18 Å². The number of ether oxygens (including phenoxy) is 1. The van der Waals surface area contributed by atoms with E-state index in [2.05, 4.69) is 15.2 Å². The first kappa shape index (κ1) is 28.5. The van der Waals surface area contributed by atoms with Gasteiger partial charge in [-0.1, -0.05) is 17.4 Å². The molecule has 0 bridgehead atoms. The first-order valence-electron chi connectivity index (χ1n) is 13.0. The smallest absolute Gasteiger partial charge is 0.392 e. The van der Waals surface area contributed by atoms with Gasteiger partial charge in [0.1, 0.15) is 5.67 Å². The van der Waals surface area contributed by atoms with Crippen LogP contribution in [-0.4, -0.2) is 64.5 Å². The van der Waals surface area contributed by atoms with Gasteiger partial charge in [0.05, 0.1) is 25.1 Å². The van der Waals surface area contributed by atoms with Crippen LogP contribution in [0.4, 0.5) is 17.6 Å². The molecule has 1 aliphatic heterocycles. The van der Waals surface area contributed by atoms with Crippen molar-refractivity contribution in [3.8, 4) is 5.19 Å². The van der Waals surface area contributed by atoms with Gasteiger partial charge in [-0.3, -0.25) is 9.59 Å². The number of hydrogen-bond donors (Lipinski definition) is 1. The zero-order valence-electron chi connectivity index (χ0n) is 21.5. The van der Waals surface area contributed by atoms with Gasteiger partial charge in [-0.15, -0.1) is 0 Å². The van der Waals surface area contributed by atoms with Gasteiger partial charge < -0.3 is 19.5 Å². The number of aromatic nitrogens is 2. The summed E-state index contributed by atoms with van der Waals surface area (Å²) in [5, 5.41) is 3.30. The molecule has 0 radical (unpaired) electrons. The van der Waals surface area contributed by atoms with Crippen molar-refractivity contribution in [3.63, 3.8) is 0 Å². The molecular formula is C26H34F4N4O3S. The summed E-state index contributed by atoms with van der Waals surface area (Å²) in [6.45, 7) is 1.67. The lowest BCUT2D eigenvalue weighted by Crippen LogP contribution is -2.43. The topological polar surface area (TPSA) is 76.5 Å². The second-order valence-electron chi connectivity index (χ2n) is 10.3. The number of thiazole rings is 1. The SMILES string of the molecule is Cn1cc(CC(=O)NC2CCC(F)(CCN3CCc4nc(OCCC(F)(F)F)sc4CC3)CC2)ccc1=O. The van der Waals surface area contributed by atoms with Crippen molar-refractivity contribution in [1.29, 1.82) is 0 Å². The molecule has 0 saturated heterocycles. The second kappa shape index (κ2) is 12.1. The van der Waals surface area contributed by atoms with Gasteiger partial charge in [0.2, 0.25) is 11.5 Å². The molecule has 2 aliphatic rings. The molecular weight excluding hydrogens is 524 g/mol. The van der Waals surface area contributed by atoms with Crippen LogP contribution in [0.2, 0.25) is 0 Å². The molecule has 0 aromatic carbocycles. The highest BCUT2D eigenvalue weighted by molar-refractivity contribution is 7.13. The van der Waals surface area contributed by atoms with E-state index in [1.165, 1.54) is 22.0 Å². The number of pyridine rings is 1. The maximum atomic E-state index is 15.5. The normalized spacial score (nSPS) is 22.5. The zero-order chi connectivity index (χ0) is 27.3. The van der Waals surface area contributed by atoms with Crippen LogP contribution in [0, 0.1) is 0 Å². The predicted octanol–water partition coefficient (Wildman–Crippen LogP) is 3.97. The van der Waals surface area contributed by atoms with Gasteiger partial charge in [0, 0.05) is 56.3 Å². The lowest BCUT2D eigenvalue weighted by Gasteiger charge is -2.35. The molecule has 7 nitrogen and oxygen atoms in total. The van der Waals surface area contributed by atoms with Crippen molar-refractivity contribution in [2.75, 3.05) is 26.2 Å². The zero-order valence-corrected chi connectivity index (χ0v) is 22.3. The molecule has 1 fully saturated rings. The molecule has 4 rings (SSSR count). The van der Waals surface area contributed by atoms with Gasteiger partial charge in [-0.25, -0.2) is 9.37 Å². The molecule has 0 unspecified atom stereocenters. The minimum Gasteiger partial charge on any atom is -0.470 e. The van der Waals surface area contributed by atoms with E-state index in [1.807, 2.05) is 0 Å². The minimum atomic E-state index is -4.25. The Bertz CT molecular complexity index is 1130. The molecule has 38 heavy (non-hydrogen) atoms. The highest BCUT2D eigenvalue weighted by Gasteiger charge is 2.36. The molecule has 1 amide bonds. The van der Waals surface area contributed by atoms with Crippen LogP contribution in [0.1, 0.15) is 54.7 Å². The Balaban J connectivity index is 1.16. The second-order valence-corrected chi connectivity index (χ2v) is 11.4. The molecule has 1 N–H and O–H groups in total. The maximum Gasteiger partial charge on any atom is 0.392 e. The van der Waals surface area contributed by atoms with E-state index >= 15 is 4.39 Å². The summed E-state index contributed by atoms with van der Waals surface area (Å²) in [5.41, 5.74) is 0.236. The number of carbonyl (C=O) groups excluding carboxylic acids is 1. The highest BCUT2D eigenvalue weighted by atomic mass is 32.1. The Morgan fingerprint density at radius 1 is 1.24 bits per heavy atom. The summed E-state index contributed by atoms with van der Waals surface area (Å²) in [6, 6.07) is 3.04. The Morgan fingerprint density at radius 3 is 2.68 bits per heavy atom. The lowest BCUT2D eigenvalue weighted by molar-refractivity contribution is -0.139. The Kier molecular flexibility index (Phi) is 9.12. The van der Waals surface area contributed by atoms with E-state index in [4.69, 9.17) is 4.74 Å². The first-order valence-corrected chi connectivity index (χ1v) is 13.8. The summed E-state index contributed by atoms with van der Waals surface area (Å²) in [7, 11) is 1.64. The lowest BCUT2D eigenvalue weighted by atomic mass is 9.81. The van der Waals surface area contributed by atoms with Crippen molar-refractivity contribution in [3.05, 3.63) is 44.8 Å². The van der Waals surface area contributed by atoms with Crippen LogP contribution >= 0.6 is 11.3 Å². The van der Waals surface area contributed by atoms with E-state index < -0.39 is 24.9 Å². The van der Waals surface area contributed by atoms with Crippen molar-refractivity contribution in [2.24, 2.45) is 7.05 Å². The summed E-state index contributed by atoms with van der Waals surface area (Å²) in [5.74, 6) is -0.125. The van der Waals surface area contributed by atoms with Gasteiger partial charge in [0.25, 0.3) is 5.19 Å². The van der Waals surface area contributed by atoms with Gasteiger partial charge in [-0.05, 0) is 44.1 Å². The highest BCUT2D eigenvalue weighted by Crippen LogP contribution is 2.36. The summed E-state index contributed by atoms with van der Waals surface area (Å²) in [6.07, 6.45) is 0.385. The third-order valence-electron chi connectivity index (χ3n) is 7.32. The maximum absolute atomic E-state index is 15.5. The molecule has 2 aromatic heterocycles. The molecule has 0 spiro atoms. The number of nitrogens with zero attached hydrogens (tertiary/aromatic N) is 3. The molecule has 12 heteroatoms. The molecule has 1 saturated carbocycles. The van der Waals surface area contributed by atoms with Gasteiger partial charge in [-0.2, -0.15) is 13.2 Å². The van der Waals surface area contributed by atoms with Gasteiger partial charge in [0.15, 0.2) is 0 Å². The van der Waals surface area contributed by atoms with Crippen molar-refractivity contribution in [2.45, 2.75) is 75.7 Å². The third-order valence-corrected chi connectivity index (χ3v) is 8.39. The number of aryl methyl sites for hydroxylation is 1. The fourth-order valence-corrected chi connectivity index (χ4v) is 6.00. The number of fused-ring (bicyclic) bond motifs is 1. The van der Waals surface area contributed by atoms with E-state index in [0.29, 0.717) is 45.1 Å². The number of hydrogen-bond acceptors (Lipinski definition) is 6. The van der Waals surface area contributed by atoms with Crippen LogP contribution in [0.3, 0.4) is 0 Å². The molecule has 2 aromatic rings. The van der Waals surface area contributed by atoms with Crippen LogP contribution in [-0.2, 0) is 31.1 Å². The van der Waals surface area contributed by atoms with E-state index in [1.54, 1.807) is 19.3 Å². The number of amides is 1. The number of rotatable bonds is 9. The average molecular weight is 559 g/mol. The first-order chi connectivity index (χ1) is 18.0. The number of carbonyl (C=O) groups is 1. The average Bonchev–Trinajstić information content (AvgIpc) is 3.13. The minimum absolute atomic E-state index is 0.0494. The van der Waals surface area contributed by atoms with Crippen LogP contribution in [0.25, 0.3) is 0 Å². The van der Waals surface area contributed by atoms with Crippen LogP contribution < -0.4 is 15.6 Å². The summed E-state index contributed by atoms with van der Waals surface area (Å²) < 4.78 is 59.2. The van der Waals surface area contributed by atoms with E-state index in [-0.39, 0.29) is 29.1 Å². The van der Waals surface area contributed by atoms with Crippen molar-refractivity contribution < 1.29 is 27.1 Å². The van der Waals surface area contributed by atoms with Crippen LogP contribution in [0.15, 0.2) is 23.1 Å². The predicted molar refractivity (Wildman–Crippen MR) is 136 cm³/mol. The summed E-state index contributed by atoms with van der Waals surface area (Å²) in [4.78, 5) is 31.6. The fourth-order valence-electron chi connectivity index (χ4n) is 5.03. The largest absolute Gasteiger partial charge is 0.470 e. The fraction of sp³-hybridized carbons (Fsp3) is 0.654. The molecule has 3 heterocycles. The van der Waals surface area contributed by atoms with Crippen molar-refractivity contribution in [1.82, 2.24) is 19.8 Å². The van der Waals surface area contributed by atoms with E-state index in [9.17, 15) is 22.8 Å². The molecule has 210 valence electrons. The Hall–Kier alpha value is -2.47. The Morgan fingerprint density at radius 2 is 1.97 bits per heavy atom. The number of nitrogens with one attached hydrogen (secondary N) is 1. The van der Waals surface area contributed by atoms with Crippen molar-refractivity contribution >= 4 is 17.2 Å². The van der Waals surface area contributed by atoms with Crippen LogP contribution in [0.5, 0.6) is 5.19 Å². The quantitative estimate of drug-likeness (QED) is 0.472. The standard InChI is InChI=1S/C26H34F4N4O3S/c1-33-17-18(2-3-23(33)36)16-22(35)31-19-4-8-25(27,9-5-19)10-14-34-12-6-20-21(7-13-34)38-24(32-20)37-15-11-26(28,29)30/h2-3,17,19H,4-16H2,1H3,(H,31,35). The Labute approximate surface area is 223 Å². The number of alkyl halides is 4. The monoisotopic (exact) mass is 558 g/mol. The third kappa shape index (κ3) is 8.26. The number of halogens is 4. The molecule has 0 atom stereocenters. The van der Waals surface area contributed by atoms with E-state index in [0.717, 1.165) is 35.6 Å². The summed E-state index contributed by atoms with van der Waals surface area (Å²) >= 11 is 1.30.